The van der Waals surface area contributed by atoms with E-state index in [0.717, 1.165) is 24.2 Å². The molecule has 1 aromatic carbocycles. The molecular weight excluding hydrogens is 280 g/mol. The van der Waals surface area contributed by atoms with E-state index in [2.05, 4.69) is 36.6 Å². The third-order valence-electron chi connectivity index (χ3n) is 3.95. The highest BCUT2D eigenvalue weighted by molar-refractivity contribution is 7.12. The fourth-order valence-corrected chi connectivity index (χ4v) is 3.69. The van der Waals surface area contributed by atoms with Gasteiger partial charge in [0.1, 0.15) is 0 Å². The molecule has 0 bridgehead atoms. The summed E-state index contributed by atoms with van der Waals surface area (Å²) in [5.41, 5.74) is 2.19. The first-order chi connectivity index (χ1) is 10.1. The number of carbonyl (C=O) groups excluding carboxylic acids is 1. The van der Waals surface area contributed by atoms with Crippen LogP contribution in [0.1, 0.15) is 40.6 Å². The number of carbonyl (C=O) groups is 1. The van der Waals surface area contributed by atoms with Gasteiger partial charge in [0.15, 0.2) is 0 Å². The van der Waals surface area contributed by atoms with Crippen molar-refractivity contribution in [1.82, 2.24) is 5.32 Å². The first kappa shape index (κ1) is 14.1. The molecule has 0 saturated heterocycles. The Morgan fingerprint density at radius 1 is 1.33 bits per heavy atom. The molecule has 0 saturated carbocycles. The molecule has 2 atom stereocenters. The average molecular weight is 300 g/mol. The van der Waals surface area contributed by atoms with Crippen LogP contribution in [-0.4, -0.2) is 12.5 Å². The van der Waals surface area contributed by atoms with E-state index in [1.807, 2.05) is 24.3 Å². The first-order valence-corrected chi connectivity index (χ1v) is 8.16. The predicted molar refractivity (Wildman–Crippen MR) is 87.9 cm³/mol. The van der Waals surface area contributed by atoms with Crippen LogP contribution in [-0.2, 0) is 4.79 Å². The molecule has 1 aliphatic heterocycles. The minimum absolute atomic E-state index is 0.0500. The zero-order chi connectivity index (χ0) is 14.8. The summed E-state index contributed by atoms with van der Waals surface area (Å²) >= 11 is 1.74. The van der Waals surface area contributed by atoms with Crippen molar-refractivity contribution in [2.75, 3.05) is 11.9 Å². The van der Waals surface area contributed by atoms with E-state index in [9.17, 15) is 4.79 Å². The maximum atomic E-state index is 12.6. The highest BCUT2D eigenvalue weighted by Gasteiger charge is 2.27. The van der Waals surface area contributed by atoms with E-state index in [0.29, 0.717) is 0 Å². The summed E-state index contributed by atoms with van der Waals surface area (Å²) in [7, 11) is 0. The van der Waals surface area contributed by atoms with Crippen LogP contribution in [0.25, 0.3) is 0 Å². The molecule has 1 amide bonds. The number of thiophene rings is 1. The minimum atomic E-state index is -0.0500. The molecule has 0 fully saturated rings. The van der Waals surface area contributed by atoms with Crippen LogP contribution >= 0.6 is 11.3 Å². The smallest absolute Gasteiger partial charge is 0.228 e. The van der Waals surface area contributed by atoms with Gasteiger partial charge < -0.3 is 10.6 Å². The summed E-state index contributed by atoms with van der Waals surface area (Å²) in [4.78, 5) is 15.1. The monoisotopic (exact) mass is 300 g/mol. The van der Waals surface area contributed by atoms with E-state index >= 15 is 0 Å². The lowest BCUT2D eigenvalue weighted by Crippen LogP contribution is -2.34. The van der Waals surface area contributed by atoms with Crippen LogP contribution in [0.4, 0.5) is 5.69 Å². The number of hydrogen-bond donors (Lipinski definition) is 2. The number of nitrogens with one attached hydrogen (secondary N) is 2. The molecule has 4 heteroatoms. The third kappa shape index (κ3) is 2.95. The molecule has 3 nitrogen and oxygen atoms in total. The summed E-state index contributed by atoms with van der Waals surface area (Å²) < 4.78 is 0. The Labute approximate surface area is 129 Å². The van der Waals surface area contributed by atoms with Crippen molar-refractivity contribution in [3.63, 3.8) is 0 Å². The number of benzene rings is 1. The molecular formula is C17H20N2OS. The van der Waals surface area contributed by atoms with Crippen molar-refractivity contribution in [2.24, 2.45) is 0 Å². The summed E-state index contributed by atoms with van der Waals surface area (Å²) in [5.74, 6) is 0.0773. The Morgan fingerprint density at radius 2 is 2.14 bits per heavy atom. The summed E-state index contributed by atoms with van der Waals surface area (Å²) in [6.45, 7) is 4.99. The lowest BCUT2D eigenvalue weighted by Gasteiger charge is -2.27. The number of para-hydroxylation sites is 1. The van der Waals surface area contributed by atoms with Gasteiger partial charge in [-0.2, -0.15) is 0 Å². The van der Waals surface area contributed by atoms with Crippen LogP contribution in [0.15, 0.2) is 36.4 Å². The van der Waals surface area contributed by atoms with E-state index in [1.54, 1.807) is 11.3 Å². The Bertz CT molecular complexity index is 650. The van der Waals surface area contributed by atoms with Crippen molar-refractivity contribution in [3.8, 4) is 0 Å². The molecule has 110 valence electrons. The Kier molecular flexibility index (Phi) is 3.97. The van der Waals surface area contributed by atoms with Crippen LogP contribution in [0.3, 0.4) is 0 Å². The number of aryl methyl sites for hydroxylation is 1. The van der Waals surface area contributed by atoms with Crippen LogP contribution in [0.2, 0.25) is 0 Å². The number of anilines is 1. The zero-order valence-corrected chi connectivity index (χ0v) is 13.2. The minimum Gasteiger partial charge on any atom is -0.385 e. The normalized spacial score (nSPS) is 18.5. The van der Waals surface area contributed by atoms with Gasteiger partial charge in [0.2, 0.25) is 5.91 Å². The van der Waals surface area contributed by atoms with Gasteiger partial charge in [-0.25, -0.2) is 0 Å². The predicted octanol–water partition coefficient (Wildman–Crippen LogP) is 3.83. The second-order valence-electron chi connectivity index (χ2n) is 5.53. The van der Waals surface area contributed by atoms with Gasteiger partial charge in [-0.1, -0.05) is 18.2 Å². The summed E-state index contributed by atoms with van der Waals surface area (Å²) in [5, 5.41) is 6.52. The van der Waals surface area contributed by atoms with Crippen molar-refractivity contribution < 1.29 is 4.79 Å². The van der Waals surface area contributed by atoms with Crippen LogP contribution < -0.4 is 10.6 Å². The SMILES string of the molecule is Cc1ccc(C(C)NC(=O)C2CCNc3ccccc32)s1. The maximum absolute atomic E-state index is 12.6. The van der Waals surface area contributed by atoms with E-state index in [4.69, 9.17) is 0 Å². The van der Waals surface area contributed by atoms with Gasteiger partial charge in [-0.15, -0.1) is 11.3 Å². The Balaban J connectivity index is 1.74. The van der Waals surface area contributed by atoms with Crippen molar-refractivity contribution in [1.29, 1.82) is 0 Å². The maximum Gasteiger partial charge on any atom is 0.228 e. The molecule has 1 aliphatic rings. The van der Waals surface area contributed by atoms with Gasteiger partial charge in [0, 0.05) is 22.0 Å². The molecule has 21 heavy (non-hydrogen) atoms. The molecule has 2 aromatic rings. The van der Waals surface area contributed by atoms with Gasteiger partial charge >= 0.3 is 0 Å². The number of amides is 1. The topological polar surface area (TPSA) is 41.1 Å². The van der Waals surface area contributed by atoms with Gasteiger partial charge in [-0.05, 0) is 44.0 Å². The molecule has 2 N–H and O–H groups in total. The molecule has 1 aromatic heterocycles. The van der Waals surface area contributed by atoms with Crippen molar-refractivity contribution in [2.45, 2.75) is 32.2 Å². The Hall–Kier alpha value is -1.81. The molecule has 0 aliphatic carbocycles. The molecule has 3 rings (SSSR count). The highest BCUT2D eigenvalue weighted by Crippen LogP contribution is 2.32. The van der Waals surface area contributed by atoms with E-state index in [1.165, 1.54) is 9.75 Å². The molecule has 0 radical (unpaired) electrons. The highest BCUT2D eigenvalue weighted by atomic mass is 32.1. The zero-order valence-electron chi connectivity index (χ0n) is 12.3. The number of rotatable bonds is 3. The number of hydrogen-bond acceptors (Lipinski definition) is 3. The lowest BCUT2D eigenvalue weighted by molar-refractivity contribution is -0.123. The standard InChI is InChI=1S/C17H20N2OS/c1-11-7-8-16(21-11)12(2)19-17(20)14-9-10-18-15-6-4-3-5-13(14)15/h3-8,12,14,18H,9-10H2,1-2H3,(H,19,20). The van der Waals surface area contributed by atoms with Crippen molar-refractivity contribution in [3.05, 3.63) is 51.7 Å². The van der Waals surface area contributed by atoms with Gasteiger partial charge in [0.05, 0.1) is 12.0 Å². The fraction of sp³-hybridized carbons (Fsp3) is 0.353. The molecule has 2 unspecified atom stereocenters. The lowest BCUT2D eigenvalue weighted by atomic mass is 9.90. The molecule has 0 spiro atoms. The average Bonchev–Trinajstić information content (AvgIpc) is 2.93. The van der Waals surface area contributed by atoms with Gasteiger partial charge in [-0.3, -0.25) is 4.79 Å². The van der Waals surface area contributed by atoms with E-state index < -0.39 is 0 Å². The fourth-order valence-electron chi connectivity index (χ4n) is 2.81. The van der Waals surface area contributed by atoms with Crippen LogP contribution in [0, 0.1) is 6.92 Å². The Morgan fingerprint density at radius 3 is 2.90 bits per heavy atom. The number of fused-ring (bicyclic) bond motifs is 1. The second kappa shape index (κ2) is 5.90. The largest absolute Gasteiger partial charge is 0.385 e. The van der Waals surface area contributed by atoms with Gasteiger partial charge in [0.25, 0.3) is 0 Å². The first-order valence-electron chi connectivity index (χ1n) is 7.34. The summed E-state index contributed by atoms with van der Waals surface area (Å²) in [6.07, 6.45) is 0.846. The van der Waals surface area contributed by atoms with E-state index in [-0.39, 0.29) is 17.9 Å². The van der Waals surface area contributed by atoms with Crippen molar-refractivity contribution >= 4 is 22.9 Å². The second-order valence-corrected chi connectivity index (χ2v) is 6.85. The third-order valence-corrected chi connectivity index (χ3v) is 5.13. The quantitative estimate of drug-likeness (QED) is 0.904. The summed E-state index contributed by atoms with van der Waals surface area (Å²) in [6, 6.07) is 12.4. The molecule has 2 heterocycles. The van der Waals surface area contributed by atoms with Crippen LogP contribution in [0.5, 0.6) is 0 Å².